The van der Waals surface area contributed by atoms with Gasteiger partial charge in [0.25, 0.3) is 5.91 Å². The summed E-state index contributed by atoms with van der Waals surface area (Å²) in [6, 6.07) is 13.3. The van der Waals surface area contributed by atoms with E-state index in [0.29, 0.717) is 43.4 Å². The fraction of sp³-hybridized carbons (Fsp3) is 0.429. The molecule has 1 N–H and O–H groups in total. The molecule has 1 fully saturated rings. The summed E-state index contributed by atoms with van der Waals surface area (Å²) in [6.07, 6.45) is 0.892. The molecule has 1 unspecified atom stereocenters. The maximum Gasteiger partial charge on any atom is 0.295 e. The van der Waals surface area contributed by atoms with Crippen molar-refractivity contribution >= 4 is 17.4 Å². The Labute approximate surface area is 207 Å². The van der Waals surface area contributed by atoms with E-state index in [2.05, 4.69) is 13.8 Å². The molecule has 1 amide bonds. The number of hydrogen-bond acceptors (Lipinski definition) is 5. The first-order chi connectivity index (χ1) is 16.9. The van der Waals surface area contributed by atoms with Gasteiger partial charge in [-0.2, -0.15) is 0 Å². The van der Waals surface area contributed by atoms with Crippen LogP contribution in [0.2, 0.25) is 0 Å². The number of carbonyl (C=O) groups is 2. The van der Waals surface area contributed by atoms with Crippen molar-refractivity contribution in [2.45, 2.75) is 40.2 Å². The number of nitrogens with one attached hydrogen (secondary N) is 1. The van der Waals surface area contributed by atoms with Crippen LogP contribution < -0.4 is 19.5 Å². The Morgan fingerprint density at radius 1 is 0.914 bits per heavy atom. The Morgan fingerprint density at radius 3 is 2.09 bits per heavy atom. The van der Waals surface area contributed by atoms with Gasteiger partial charge in [0.2, 0.25) is 5.78 Å². The van der Waals surface area contributed by atoms with Gasteiger partial charge in [-0.3, -0.25) is 9.59 Å². The third-order valence-electron chi connectivity index (χ3n) is 6.33. The van der Waals surface area contributed by atoms with Gasteiger partial charge in [0.1, 0.15) is 11.5 Å². The van der Waals surface area contributed by atoms with Crippen LogP contribution in [0.3, 0.4) is 0 Å². The van der Waals surface area contributed by atoms with Gasteiger partial charge in [0, 0.05) is 5.57 Å². The third-order valence-corrected chi connectivity index (χ3v) is 6.33. The highest BCUT2D eigenvalue weighted by Crippen LogP contribution is 2.39. The Balaban J connectivity index is 2.03. The second-order valence-corrected chi connectivity index (χ2v) is 8.56. The zero-order valence-electron chi connectivity index (χ0n) is 21.1. The molecule has 0 bridgehead atoms. The van der Waals surface area contributed by atoms with Crippen molar-refractivity contribution in [1.29, 1.82) is 0 Å². The largest absolute Gasteiger partial charge is 0.872 e. The fourth-order valence-electron chi connectivity index (χ4n) is 4.32. The number of hydrogen-bond donors (Lipinski definition) is 1. The molecule has 0 saturated carbocycles. The molecule has 1 saturated heterocycles. The molecule has 35 heavy (non-hydrogen) atoms. The number of benzene rings is 2. The average molecular weight is 481 g/mol. The summed E-state index contributed by atoms with van der Waals surface area (Å²) in [5.41, 5.74) is 1.07. The summed E-state index contributed by atoms with van der Waals surface area (Å²) in [5, 5.41) is 13.6. The number of likely N-dealkylation sites (tertiary alicyclic amines) is 1. The normalized spacial score (nSPS) is 17.3. The Bertz CT molecular complexity index is 1030. The summed E-state index contributed by atoms with van der Waals surface area (Å²) >= 11 is 0. The molecule has 7 nitrogen and oxygen atoms in total. The van der Waals surface area contributed by atoms with Crippen molar-refractivity contribution < 1.29 is 29.1 Å². The number of rotatable bonds is 12. The summed E-state index contributed by atoms with van der Waals surface area (Å²) in [7, 11) is 0. The zero-order chi connectivity index (χ0) is 25.4. The van der Waals surface area contributed by atoms with Gasteiger partial charge in [-0.05, 0) is 62.6 Å². The second-order valence-electron chi connectivity index (χ2n) is 8.56. The number of likely N-dealkylation sites (N-methyl/N-ethyl adjacent to an activating group) is 1. The van der Waals surface area contributed by atoms with E-state index in [9.17, 15) is 14.7 Å². The van der Waals surface area contributed by atoms with Crippen molar-refractivity contribution in [3.05, 3.63) is 65.2 Å². The van der Waals surface area contributed by atoms with Crippen molar-refractivity contribution in [3.63, 3.8) is 0 Å². The van der Waals surface area contributed by atoms with Gasteiger partial charge < -0.3 is 24.4 Å². The molecule has 7 heteroatoms. The Kier molecular flexibility index (Phi) is 9.32. The van der Waals surface area contributed by atoms with Gasteiger partial charge in [-0.1, -0.05) is 36.9 Å². The summed E-state index contributed by atoms with van der Waals surface area (Å²) in [5.74, 6) is -0.423. The summed E-state index contributed by atoms with van der Waals surface area (Å²) < 4.78 is 11.2. The number of ketones is 1. The first kappa shape index (κ1) is 26.3. The highest BCUT2D eigenvalue weighted by atomic mass is 16.5. The van der Waals surface area contributed by atoms with Crippen molar-refractivity contribution in [2.24, 2.45) is 0 Å². The van der Waals surface area contributed by atoms with Gasteiger partial charge in [0.05, 0.1) is 45.4 Å². The molecular weight excluding hydrogens is 444 g/mol. The molecule has 3 rings (SSSR count). The topological polar surface area (TPSA) is 83.3 Å². The number of quaternary nitrogens is 1. The molecule has 2 aromatic carbocycles. The number of carbonyl (C=O) groups excluding carboxylic acids is 2. The minimum Gasteiger partial charge on any atom is -0.872 e. The molecule has 1 aliphatic rings. The first-order valence-electron chi connectivity index (χ1n) is 12.5. The standard InChI is InChI=1S/C28H36N2O5/c1-5-19-35-23-13-9-20(10-14-23)25-24(26(31)21-11-15-22(16-12-21)34-8-4)27(32)28(33)30(25)18-17-29(6-2)7-3/h9-16,25,31H,5-8,17-19H2,1-4H3. The van der Waals surface area contributed by atoms with E-state index in [-0.39, 0.29) is 5.57 Å². The Morgan fingerprint density at radius 2 is 1.51 bits per heavy atom. The van der Waals surface area contributed by atoms with Gasteiger partial charge >= 0.3 is 0 Å². The molecule has 188 valence electrons. The molecule has 0 radical (unpaired) electrons. The predicted octanol–water partition coefficient (Wildman–Crippen LogP) is 2.02. The van der Waals surface area contributed by atoms with Gasteiger partial charge in [-0.25, -0.2) is 0 Å². The van der Waals surface area contributed by atoms with Crippen LogP contribution in [0.5, 0.6) is 11.5 Å². The molecule has 1 heterocycles. The number of Topliss-reactive ketones (excluding diaryl/α,β-unsaturated/α-hetero) is 1. The third kappa shape index (κ3) is 6.03. The lowest BCUT2D eigenvalue weighted by Gasteiger charge is -2.28. The molecule has 0 aliphatic carbocycles. The van der Waals surface area contributed by atoms with Crippen molar-refractivity contribution in [3.8, 4) is 11.5 Å². The van der Waals surface area contributed by atoms with Crippen LogP contribution in [0.4, 0.5) is 0 Å². The molecular formula is C28H36N2O5. The van der Waals surface area contributed by atoms with E-state index in [0.717, 1.165) is 25.1 Å². The van der Waals surface area contributed by atoms with E-state index in [1.54, 1.807) is 29.2 Å². The van der Waals surface area contributed by atoms with Crippen molar-refractivity contribution in [2.75, 3.05) is 39.4 Å². The van der Waals surface area contributed by atoms with E-state index in [4.69, 9.17) is 9.47 Å². The number of nitrogens with zero attached hydrogens (tertiary/aromatic N) is 1. The monoisotopic (exact) mass is 480 g/mol. The molecule has 1 aliphatic heterocycles. The van der Waals surface area contributed by atoms with Crippen LogP contribution in [0.15, 0.2) is 54.1 Å². The average Bonchev–Trinajstić information content (AvgIpc) is 3.13. The highest BCUT2D eigenvalue weighted by molar-refractivity contribution is 6.46. The minimum atomic E-state index is -0.732. The lowest BCUT2D eigenvalue weighted by atomic mass is 9.95. The predicted molar refractivity (Wildman–Crippen MR) is 133 cm³/mol. The first-order valence-corrected chi connectivity index (χ1v) is 12.5. The maximum absolute atomic E-state index is 13.6. The summed E-state index contributed by atoms with van der Waals surface area (Å²) in [4.78, 5) is 29.2. The lowest BCUT2D eigenvalue weighted by molar-refractivity contribution is -0.895. The van der Waals surface area contributed by atoms with Crippen LogP contribution >= 0.6 is 0 Å². The van der Waals surface area contributed by atoms with Crippen LogP contribution in [-0.4, -0.2) is 56.0 Å². The van der Waals surface area contributed by atoms with E-state index in [1.807, 2.05) is 38.1 Å². The SMILES string of the molecule is CCCOc1ccc(C2C(=C([O-])c3ccc(OCC)cc3)C(=O)C(=O)N2CC[NH+](CC)CC)cc1. The maximum atomic E-state index is 13.6. The lowest BCUT2D eigenvalue weighted by Crippen LogP contribution is -3.12. The smallest absolute Gasteiger partial charge is 0.295 e. The fourth-order valence-corrected chi connectivity index (χ4v) is 4.32. The zero-order valence-corrected chi connectivity index (χ0v) is 21.1. The highest BCUT2D eigenvalue weighted by Gasteiger charge is 2.44. The van der Waals surface area contributed by atoms with Crippen LogP contribution in [0.1, 0.15) is 51.3 Å². The Hall–Kier alpha value is -3.32. The number of ether oxygens (including phenoxy) is 2. The molecule has 0 spiro atoms. The van der Waals surface area contributed by atoms with Crippen molar-refractivity contribution in [1.82, 2.24) is 4.90 Å². The van der Waals surface area contributed by atoms with E-state index in [1.165, 1.54) is 4.90 Å². The summed E-state index contributed by atoms with van der Waals surface area (Å²) in [6.45, 7) is 12.1. The van der Waals surface area contributed by atoms with Gasteiger partial charge in [-0.15, -0.1) is 0 Å². The molecule has 2 aromatic rings. The van der Waals surface area contributed by atoms with E-state index < -0.39 is 23.5 Å². The van der Waals surface area contributed by atoms with Crippen LogP contribution in [-0.2, 0) is 9.59 Å². The minimum absolute atomic E-state index is 0.00377. The van der Waals surface area contributed by atoms with Crippen LogP contribution in [0, 0.1) is 0 Å². The number of amides is 1. The van der Waals surface area contributed by atoms with Gasteiger partial charge in [0.15, 0.2) is 0 Å². The van der Waals surface area contributed by atoms with E-state index >= 15 is 0 Å². The molecule has 1 atom stereocenters. The van der Waals surface area contributed by atoms with Crippen LogP contribution in [0.25, 0.3) is 5.76 Å². The quantitative estimate of drug-likeness (QED) is 0.286. The molecule has 0 aromatic heterocycles. The second kappa shape index (κ2) is 12.4.